The lowest BCUT2D eigenvalue weighted by Gasteiger charge is -1.92. The lowest BCUT2D eigenvalue weighted by atomic mass is 10.2. The highest BCUT2D eigenvalue weighted by Crippen LogP contribution is 2.00. The van der Waals surface area contributed by atoms with Crippen LogP contribution in [0.15, 0.2) is 30.3 Å². The van der Waals surface area contributed by atoms with Crippen molar-refractivity contribution in [2.45, 2.75) is 6.37 Å². The Labute approximate surface area is 66.8 Å². The lowest BCUT2D eigenvalue weighted by Crippen LogP contribution is -1.82. The Morgan fingerprint density at radius 1 is 1.33 bits per heavy atom. The van der Waals surface area contributed by atoms with Gasteiger partial charge in [-0.15, -0.1) is 0 Å². The van der Waals surface area contributed by atoms with E-state index in [1.165, 1.54) is 0 Å². The zero-order valence-electron chi connectivity index (χ0n) is 6.97. The van der Waals surface area contributed by atoms with Crippen molar-refractivity contribution in [2.75, 3.05) is 5.33 Å². The second-order valence-corrected chi connectivity index (χ2v) is 2.24. The Balaban J connectivity index is 2.93. The van der Waals surface area contributed by atoms with Crippen molar-refractivity contribution < 1.29 is 2.74 Å². The number of benzene rings is 1. The molecule has 1 aromatic rings. The molecule has 0 saturated heterocycles. The first-order valence-electron chi connectivity index (χ1n) is 3.78. The Hall–Kier alpha value is -0.300. The summed E-state index contributed by atoms with van der Waals surface area (Å²) < 4.78 is 15.1. The normalized spacial score (nSPS) is 14.3. The Morgan fingerprint density at radius 3 is 2.56 bits per heavy atom. The average molecular weight is 187 g/mol. The zero-order valence-corrected chi connectivity index (χ0v) is 6.56. The van der Waals surface area contributed by atoms with Gasteiger partial charge in [0.2, 0.25) is 0 Å². The highest BCUT2D eigenvalue weighted by Gasteiger charge is 1.85. The van der Waals surface area contributed by atoms with Gasteiger partial charge in [0.1, 0.15) is 0 Å². The summed E-state index contributed by atoms with van der Waals surface area (Å²) >= 11 is 3.13. The second-order valence-electron chi connectivity index (χ2n) is 1.68. The van der Waals surface area contributed by atoms with Crippen molar-refractivity contribution in [2.24, 2.45) is 0 Å². The SMILES string of the molecule is [2H]C([2H])(CBr)c1ccccc1. The molecule has 48 valence electrons. The molecule has 0 heterocycles. The lowest BCUT2D eigenvalue weighted by molar-refractivity contribution is 1.17. The smallest absolute Gasteiger partial charge is 0.0325 e. The fourth-order valence-electron chi connectivity index (χ4n) is 0.633. The van der Waals surface area contributed by atoms with Gasteiger partial charge in [-0.3, -0.25) is 0 Å². The minimum atomic E-state index is -1.25. The van der Waals surface area contributed by atoms with E-state index in [-0.39, 0.29) is 0 Å². The number of halogens is 1. The van der Waals surface area contributed by atoms with E-state index < -0.39 is 6.37 Å². The number of alkyl halides is 1. The van der Waals surface area contributed by atoms with Gasteiger partial charge in [-0.05, 0) is 11.9 Å². The summed E-state index contributed by atoms with van der Waals surface area (Å²) in [6, 6.07) is 9.15. The highest BCUT2D eigenvalue weighted by molar-refractivity contribution is 9.09. The van der Waals surface area contributed by atoms with E-state index in [2.05, 4.69) is 15.9 Å². The summed E-state index contributed by atoms with van der Waals surface area (Å²) in [7, 11) is 0. The van der Waals surface area contributed by atoms with Gasteiger partial charge < -0.3 is 0 Å². The first kappa shape index (κ1) is 4.51. The third-order valence-corrected chi connectivity index (χ3v) is 1.33. The highest BCUT2D eigenvalue weighted by atomic mass is 79.9. The molecule has 0 radical (unpaired) electrons. The number of hydrogen-bond donors (Lipinski definition) is 0. The monoisotopic (exact) mass is 186 g/mol. The van der Waals surface area contributed by atoms with E-state index in [0.29, 0.717) is 5.33 Å². The standard InChI is InChI=1S/C8H9Br/c9-7-6-8-4-2-1-3-5-8/h1-5H,6-7H2/i6D2. The third-order valence-electron chi connectivity index (χ3n) is 1.04. The molecule has 9 heavy (non-hydrogen) atoms. The fraction of sp³-hybridized carbons (Fsp3) is 0.250. The van der Waals surface area contributed by atoms with E-state index in [0.717, 1.165) is 5.56 Å². The Bertz CT molecular complexity index is 221. The summed E-state index contributed by atoms with van der Waals surface area (Å²) in [5.41, 5.74) is 0.719. The molecule has 0 N–H and O–H groups in total. The van der Waals surface area contributed by atoms with E-state index in [4.69, 9.17) is 2.74 Å². The van der Waals surface area contributed by atoms with E-state index in [9.17, 15) is 0 Å². The quantitative estimate of drug-likeness (QED) is 0.624. The summed E-state index contributed by atoms with van der Waals surface area (Å²) in [5.74, 6) is 0. The first-order chi connectivity index (χ1) is 5.17. The van der Waals surface area contributed by atoms with Gasteiger partial charge in [0.25, 0.3) is 0 Å². The Morgan fingerprint density at radius 2 is 2.00 bits per heavy atom. The summed E-state index contributed by atoms with van der Waals surface area (Å²) in [6.07, 6.45) is -1.25. The molecule has 0 saturated carbocycles. The molecule has 1 aromatic carbocycles. The van der Waals surface area contributed by atoms with E-state index in [1.54, 1.807) is 12.1 Å². The van der Waals surface area contributed by atoms with Gasteiger partial charge in [0.15, 0.2) is 0 Å². The maximum atomic E-state index is 7.54. The van der Waals surface area contributed by atoms with Crippen molar-refractivity contribution in [3.8, 4) is 0 Å². The molecular formula is C8H9Br. The van der Waals surface area contributed by atoms with Crippen molar-refractivity contribution in [3.05, 3.63) is 35.9 Å². The molecule has 0 aromatic heterocycles. The van der Waals surface area contributed by atoms with Crippen LogP contribution in [0.5, 0.6) is 0 Å². The van der Waals surface area contributed by atoms with Crippen LogP contribution in [0.1, 0.15) is 8.30 Å². The summed E-state index contributed by atoms with van der Waals surface area (Å²) in [6.45, 7) is 0. The minimum absolute atomic E-state index is 0.337. The zero-order chi connectivity index (χ0) is 8.32. The van der Waals surface area contributed by atoms with Crippen LogP contribution in [-0.4, -0.2) is 5.33 Å². The van der Waals surface area contributed by atoms with Crippen LogP contribution in [0.3, 0.4) is 0 Å². The van der Waals surface area contributed by atoms with Gasteiger partial charge in [0, 0.05) is 8.07 Å². The third kappa shape index (κ3) is 2.19. The van der Waals surface area contributed by atoms with Gasteiger partial charge in [-0.2, -0.15) is 0 Å². The van der Waals surface area contributed by atoms with Crippen LogP contribution in [0.25, 0.3) is 0 Å². The molecule has 1 heteroatoms. The number of hydrogen-bond acceptors (Lipinski definition) is 0. The van der Waals surface area contributed by atoms with Crippen molar-refractivity contribution in [1.29, 1.82) is 0 Å². The molecule has 0 fully saturated rings. The fourth-order valence-corrected chi connectivity index (χ4v) is 0.957. The van der Waals surface area contributed by atoms with Crippen LogP contribution in [-0.2, 0) is 6.37 Å². The minimum Gasteiger partial charge on any atom is -0.0924 e. The topological polar surface area (TPSA) is 0 Å². The van der Waals surface area contributed by atoms with Crippen molar-refractivity contribution >= 4 is 15.9 Å². The maximum Gasteiger partial charge on any atom is 0.0325 e. The van der Waals surface area contributed by atoms with Gasteiger partial charge >= 0.3 is 0 Å². The molecule has 0 unspecified atom stereocenters. The number of rotatable bonds is 2. The molecule has 0 nitrogen and oxygen atoms in total. The largest absolute Gasteiger partial charge is 0.0924 e. The van der Waals surface area contributed by atoms with Gasteiger partial charge in [0.05, 0.1) is 0 Å². The average Bonchev–Trinajstić information content (AvgIpc) is 2.06. The molecule has 0 aliphatic carbocycles. The Kier molecular flexibility index (Phi) is 1.84. The molecule has 0 amide bonds. The summed E-state index contributed by atoms with van der Waals surface area (Å²) in [5, 5.41) is 0.337. The predicted molar refractivity (Wildman–Crippen MR) is 43.9 cm³/mol. The van der Waals surface area contributed by atoms with Crippen molar-refractivity contribution in [1.82, 2.24) is 0 Å². The predicted octanol–water partition coefficient (Wildman–Crippen LogP) is 2.62. The van der Waals surface area contributed by atoms with Gasteiger partial charge in [-0.25, -0.2) is 0 Å². The first-order valence-corrected chi connectivity index (χ1v) is 3.90. The molecule has 0 spiro atoms. The van der Waals surface area contributed by atoms with Crippen LogP contribution in [0.4, 0.5) is 0 Å². The van der Waals surface area contributed by atoms with Crippen LogP contribution in [0, 0.1) is 0 Å². The number of aryl methyl sites for hydroxylation is 1. The molecular weight excluding hydrogens is 176 g/mol. The van der Waals surface area contributed by atoms with Gasteiger partial charge in [-0.1, -0.05) is 46.3 Å². The molecule has 0 atom stereocenters. The van der Waals surface area contributed by atoms with Crippen molar-refractivity contribution in [3.63, 3.8) is 0 Å². The van der Waals surface area contributed by atoms with Crippen LogP contribution < -0.4 is 0 Å². The van der Waals surface area contributed by atoms with E-state index >= 15 is 0 Å². The molecule has 1 rings (SSSR count). The molecule has 0 aliphatic rings. The molecule has 0 bridgehead atoms. The van der Waals surface area contributed by atoms with Crippen LogP contribution >= 0.6 is 15.9 Å². The van der Waals surface area contributed by atoms with Crippen LogP contribution in [0.2, 0.25) is 0 Å². The van der Waals surface area contributed by atoms with E-state index in [1.807, 2.05) is 18.2 Å². The second kappa shape index (κ2) is 3.67. The molecule has 0 aliphatic heterocycles. The summed E-state index contributed by atoms with van der Waals surface area (Å²) in [4.78, 5) is 0. The maximum absolute atomic E-state index is 7.54.